The van der Waals surface area contributed by atoms with Gasteiger partial charge in [0.1, 0.15) is 5.75 Å². The molecular weight excluding hydrogens is 252 g/mol. The third kappa shape index (κ3) is 4.53. The number of aryl methyl sites for hydroxylation is 1. The molecule has 4 heteroatoms. The minimum absolute atomic E-state index is 0.0211. The standard InChI is InChI=1S/C16H26N2O2/c1-4-13-7-9-14(10-8-13)20-11-15(19)18-16(5-2,6-3)12-17/h7-10H,4-6,11-12,17H2,1-3H3,(H,18,19). The normalized spacial score (nSPS) is 11.2. The number of amides is 1. The Morgan fingerprint density at radius 3 is 2.25 bits per heavy atom. The third-order valence-corrected chi connectivity index (χ3v) is 3.85. The lowest BCUT2D eigenvalue weighted by Gasteiger charge is -2.31. The van der Waals surface area contributed by atoms with Gasteiger partial charge in [-0.2, -0.15) is 0 Å². The number of ether oxygens (including phenoxy) is 1. The average Bonchev–Trinajstić information content (AvgIpc) is 2.51. The van der Waals surface area contributed by atoms with Crippen LogP contribution < -0.4 is 15.8 Å². The Morgan fingerprint density at radius 1 is 1.20 bits per heavy atom. The Morgan fingerprint density at radius 2 is 1.80 bits per heavy atom. The van der Waals surface area contributed by atoms with Crippen molar-refractivity contribution in [1.29, 1.82) is 0 Å². The summed E-state index contributed by atoms with van der Waals surface area (Å²) in [6, 6.07) is 7.80. The lowest BCUT2D eigenvalue weighted by molar-refractivity contribution is -0.125. The summed E-state index contributed by atoms with van der Waals surface area (Å²) in [7, 11) is 0. The topological polar surface area (TPSA) is 64.3 Å². The van der Waals surface area contributed by atoms with Crippen LogP contribution in [0, 0.1) is 0 Å². The van der Waals surface area contributed by atoms with Crippen molar-refractivity contribution in [2.24, 2.45) is 5.73 Å². The van der Waals surface area contributed by atoms with Crippen molar-refractivity contribution in [3.05, 3.63) is 29.8 Å². The first-order valence-electron chi connectivity index (χ1n) is 7.32. The molecule has 1 amide bonds. The van der Waals surface area contributed by atoms with E-state index in [4.69, 9.17) is 10.5 Å². The van der Waals surface area contributed by atoms with Crippen LogP contribution in [0.25, 0.3) is 0 Å². The molecule has 1 rings (SSSR count). The Balaban J connectivity index is 2.50. The van der Waals surface area contributed by atoms with E-state index in [1.165, 1.54) is 5.56 Å². The van der Waals surface area contributed by atoms with Crippen LogP contribution in [0.4, 0.5) is 0 Å². The lowest BCUT2D eigenvalue weighted by atomic mass is 9.93. The van der Waals surface area contributed by atoms with Crippen LogP contribution in [0.15, 0.2) is 24.3 Å². The molecule has 0 saturated carbocycles. The second-order valence-corrected chi connectivity index (χ2v) is 5.03. The number of carbonyl (C=O) groups is 1. The van der Waals surface area contributed by atoms with Crippen LogP contribution in [0.3, 0.4) is 0 Å². The molecule has 3 N–H and O–H groups in total. The summed E-state index contributed by atoms with van der Waals surface area (Å²) in [4.78, 5) is 11.9. The summed E-state index contributed by atoms with van der Waals surface area (Å²) in [6.07, 6.45) is 2.63. The maximum absolute atomic E-state index is 11.9. The smallest absolute Gasteiger partial charge is 0.258 e. The van der Waals surface area contributed by atoms with Crippen LogP contribution >= 0.6 is 0 Å². The zero-order valence-electron chi connectivity index (χ0n) is 12.7. The number of nitrogens with two attached hydrogens (primary N) is 1. The minimum atomic E-state index is -0.313. The van der Waals surface area contributed by atoms with Gasteiger partial charge in [0, 0.05) is 6.54 Å². The average molecular weight is 278 g/mol. The van der Waals surface area contributed by atoms with E-state index in [-0.39, 0.29) is 18.1 Å². The highest BCUT2D eigenvalue weighted by atomic mass is 16.5. The van der Waals surface area contributed by atoms with E-state index in [9.17, 15) is 4.79 Å². The number of rotatable bonds is 8. The zero-order valence-corrected chi connectivity index (χ0v) is 12.7. The van der Waals surface area contributed by atoms with E-state index in [1.54, 1.807) is 0 Å². The van der Waals surface area contributed by atoms with Gasteiger partial charge in [-0.1, -0.05) is 32.9 Å². The minimum Gasteiger partial charge on any atom is -0.484 e. The van der Waals surface area contributed by atoms with Crippen molar-refractivity contribution in [2.45, 2.75) is 45.6 Å². The fourth-order valence-electron chi connectivity index (χ4n) is 2.07. The van der Waals surface area contributed by atoms with Gasteiger partial charge in [0.15, 0.2) is 6.61 Å². The fourth-order valence-corrected chi connectivity index (χ4v) is 2.07. The molecule has 0 bridgehead atoms. The number of carbonyl (C=O) groups excluding carboxylic acids is 1. The summed E-state index contributed by atoms with van der Waals surface area (Å²) in [6.45, 7) is 6.62. The van der Waals surface area contributed by atoms with Crippen LogP contribution in [0.1, 0.15) is 39.2 Å². The van der Waals surface area contributed by atoms with Crippen molar-refractivity contribution >= 4 is 5.91 Å². The summed E-state index contributed by atoms with van der Waals surface area (Å²) >= 11 is 0. The van der Waals surface area contributed by atoms with Gasteiger partial charge in [-0.25, -0.2) is 0 Å². The first-order valence-corrected chi connectivity index (χ1v) is 7.32. The molecule has 0 heterocycles. The van der Waals surface area contributed by atoms with Crippen molar-refractivity contribution < 1.29 is 9.53 Å². The van der Waals surface area contributed by atoms with Gasteiger partial charge in [0.2, 0.25) is 0 Å². The molecule has 0 spiro atoms. The number of hydrogen-bond donors (Lipinski definition) is 2. The molecule has 0 radical (unpaired) electrons. The Hall–Kier alpha value is -1.55. The van der Waals surface area contributed by atoms with Gasteiger partial charge in [0.25, 0.3) is 5.91 Å². The zero-order chi connectivity index (χ0) is 15.0. The maximum atomic E-state index is 11.9. The van der Waals surface area contributed by atoms with Crippen LogP contribution in [-0.4, -0.2) is 24.6 Å². The maximum Gasteiger partial charge on any atom is 0.258 e. The number of hydrogen-bond acceptors (Lipinski definition) is 3. The van der Waals surface area contributed by atoms with E-state index in [2.05, 4.69) is 12.2 Å². The largest absolute Gasteiger partial charge is 0.484 e. The molecule has 4 nitrogen and oxygen atoms in total. The van der Waals surface area contributed by atoms with E-state index in [0.717, 1.165) is 19.3 Å². The monoisotopic (exact) mass is 278 g/mol. The van der Waals surface area contributed by atoms with Crippen molar-refractivity contribution in [2.75, 3.05) is 13.2 Å². The van der Waals surface area contributed by atoms with Crippen LogP contribution in [0.2, 0.25) is 0 Å². The molecule has 0 aliphatic rings. The predicted molar refractivity (Wildman–Crippen MR) is 81.8 cm³/mol. The van der Waals surface area contributed by atoms with Crippen molar-refractivity contribution in [1.82, 2.24) is 5.32 Å². The van der Waals surface area contributed by atoms with E-state index >= 15 is 0 Å². The van der Waals surface area contributed by atoms with Gasteiger partial charge in [-0.3, -0.25) is 4.79 Å². The van der Waals surface area contributed by atoms with Crippen molar-refractivity contribution in [3.63, 3.8) is 0 Å². The summed E-state index contributed by atoms with van der Waals surface area (Å²) < 4.78 is 5.49. The van der Waals surface area contributed by atoms with Gasteiger partial charge < -0.3 is 15.8 Å². The molecule has 0 aromatic heterocycles. The van der Waals surface area contributed by atoms with E-state index in [0.29, 0.717) is 12.3 Å². The molecule has 0 saturated heterocycles. The first-order chi connectivity index (χ1) is 9.59. The molecule has 0 fully saturated rings. The summed E-state index contributed by atoms with van der Waals surface area (Å²) in [5, 5.41) is 2.98. The molecule has 0 atom stereocenters. The van der Waals surface area contributed by atoms with E-state index < -0.39 is 0 Å². The highest BCUT2D eigenvalue weighted by Gasteiger charge is 2.26. The lowest BCUT2D eigenvalue weighted by Crippen LogP contribution is -2.54. The highest BCUT2D eigenvalue weighted by Crippen LogP contribution is 2.14. The Kier molecular flexibility index (Phi) is 6.52. The van der Waals surface area contributed by atoms with Gasteiger partial charge in [-0.05, 0) is 37.0 Å². The molecule has 1 aromatic rings. The Bertz CT molecular complexity index is 403. The molecule has 0 unspecified atom stereocenters. The molecule has 0 aliphatic heterocycles. The van der Waals surface area contributed by atoms with Crippen LogP contribution in [0.5, 0.6) is 5.75 Å². The second kappa shape index (κ2) is 7.90. The first kappa shape index (κ1) is 16.5. The summed E-state index contributed by atoms with van der Waals surface area (Å²) in [5.74, 6) is 0.586. The van der Waals surface area contributed by atoms with Crippen LogP contribution in [-0.2, 0) is 11.2 Å². The molecular formula is C16H26N2O2. The molecule has 20 heavy (non-hydrogen) atoms. The number of benzene rings is 1. The second-order valence-electron chi connectivity index (χ2n) is 5.03. The summed E-state index contributed by atoms with van der Waals surface area (Å²) in [5.41, 5.74) is 6.70. The molecule has 1 aromatic carbocycles. The van der Waals surface area contributed by atoms with Gasteiger partial charge in [0.05, 0.1) is 5.54 Å². The predicted octanol–water partition coefficient (Wildman–Crippen LogP) is 2.26. The third-order valence-electron chi connectivity index (χ3n) is 3.85. The number of nitrogens with one attached hydrogen (secondary N) is 1. The quantitative estimate of drug-likeness (QED) is 0.766. The Labute approximate surface area is 121 Å². The van der Waals surface area contributed by atoms with Crippen molar-refractivity contribution in [3.8, 4) is 5.75 Å². The fraction of sp³-hybridized carbons (Fsp3) is 0.562. The molecule has 112 valence electrons. The van der Waals surface area contributed by atoms with E-state index in [1.807, 2.05) is 38.1 Å². The van der Waals surface area contributed by atoms with Gasteiger partial charge in [-0.15, -0.1) is 0 Å². The highest BCUT2D eigenvalue weighted by molar-refractivity contribution is 5.78. The SMILES string of the molecule is CCc1ccc(OCC(=O)NC(CC)(CC)CN)cc1. The van der Waals surface area contributed by atoms with Gasteiger partial charge >= 0.3 is 0 Å². The molecule has 0 aliphatic carbocycles.